The molecule has 0 spiro atoms. The van der Waals surface area contributed by atoms with Crippen LogP contribution in [0, 0.1) is 0 Å². The molecule has 0 saturated heterocycles. The second-order valence-electron chi connectivity index (χ2n) is 5.82. The highest BCUT2D eigenvalue weighted by Crippen LogP contribution is 2.44. The van der Waals surface area contributed by atoms with Gasteiger partial charge in [0.1, 0.15) is 0 Å². The monoisotopic (exact) mass is 296 g/mol. The van der Waals surface area contributed by atoms with Gasteiger partial charge in [0.25, 0.3) is 5.91 Å². The molecule has 112 valence electrons. The Bertz CT molecular complexity index is 764. The van der Waals surface area contributed by atoms with Crippen molar-refractivity contribution < 1.29 is 14.0 Å². The lowest BCUT2D eigenvalue weighted by Crippen LogP contribution is -2.32. The fraction of sp³-hybridized carbons (Fsp3) is 0.294. The van der Waals surface area contributed by atoms with Crippen molar-refractivity contribution in [2.75, 3.05) is 16.8 Å². The van der Waals surface area contributed by atoms with Gasteiger partial charge in [-0.1, -0.05) is 0 Å². The van der Waals surface area contributed by atoms with Crippen LogP contribution in [0.4, 0.5) is 11.4 Å². The third kappa shape index (κ3) is 1.85. The number of hydrogen-bond acceptors (Lipinski definition) is 3. The van der Waals surface area contributed by atoms with Crippen LogP contribution in [-0.2, 0) is 11.2 Å². The van der Waals surface area contributed by atoms with Gasteiger partial charge in [0.15, 0.2) is 5.76 Å². The van der Waals surface area contributed by atoms with Crippen LogP contribution in [0.2, 0.25) is 0 Å². The van der Waals surface area contributed by atoms with E-state index in [1.54, 1.807) is 12.1 Å². The van der Waals surface area contributed by atoms with Crippen molar-refractivity contribution in [3.05, 3.63) is 47.4 Å². The summed E-state index contributed by atoms with van der Waals surface area (Å²) in [5, 5.41) is 2.86. The van der Waals surface area contributed by atoms with E-state index in [4.69, 9.17) is 4.42 Å². The number of carbonyl (C=O) groups is 2. The molecule has 0 radical (unpaired) electrons. The second kappa shape index (κ2) is 4.73. The Morgan fingerprint density at radius 3 is 3.05 bits per heavy atom. The van der Waals surface area contributed by atoms with Crippen LogP contribution in [0.15, 0.2) is 34.9 Å². The Balaban J connectivity index is 1.72. The van der Waals surface area contributed by atoms with Gasteiger partial charge in [0, 0.05) is 12.2 Å². The molecule has 1 aromatic heterocycles. The van der Waals surface area contributed by atoms with Crippen molar-refractivity contribution in [3.63, 3.8) is 0 Å². The summed E-state index contributed by atoms with van der Waals surface area (Å²) >= 11 is 0. The highest BCUT2D eigenvalue weighted by molar-refractivity contribution is 6.07. The average molecular weight is 296 g/mol. The number of aryl methyl sites for hydroxylation is 1. The molecule has 2 aliphatic rings. The molecule has 2 aliphatic heterocycles. The average Bonchev–Trinajstić information content (AvgIpc) is 3.13. The van der Waals surface area contributed by atoms with Gasteiger partial charge in [0.2, 0.25) is 5.91 Å². The van der Waals surface area contributed by atoms with Crippen LogP contribution in [0.1, 0.15) is 40.9 Å². The molecule has 1 aromatic carbocycles. The Labute approximate surface area is 127 Å². The maximum atomic E-state index is 12.3. The summed E-state index contributed by atoms with van der Waals surface area (Å²) in [6, 6.07) is 7.19. The fourth-order valence-corrected chi connectivity index (χ4v) is 3.37. The minimum Gasteiger partial charge on any atom is -0.459 e. The summed E-state index contributed by atoms with van der Waals surface area (Å²) in [7, 11) is 0. The molecular formula is C17H16N2O3. The van der Waals surface area contributed by atoms with Crippen LogP contribution < -0.4 is 10.2 Å². The minimum absolute atomic E-state index is 0.146. The zero-order chi connectivity index (χ0) is 15.3. The highest BCUT2D eigenvalue weighted by atomic mass is 16.3. The number of anilines is 2. The number of nitrogens with zero attached hydrogens (tertiary/aromatic N) is 1. The van der Waals surface area contributed by atoms with E-state index >= 15 is 0 Å². The van der Waals surface area contributed by atoms with Gasteiger partial charge in [-0.2, -0.15) is 0 Å². The zero-order valence-electron chi connectivity index (χ0n) is 12.3. The van der Waals surface area contributed by atoms with E-state index in [1.807, 2.05) is 24.0 Å². The summed E-state index contributed by atoms with van der Waals surface area (Å²) in [6.45, 7) is 2.72. The molecule has 3 heterocycles. The molecule has 1 atom stereocenters. The minimum atomic E-state index is -0.276. The summed E-state index contributed by atoms with van der Waals surface area (Å²) < 4.78 is 5.11. The number of hydrogen-bond donors (Lipinski definition) is 1. The molecule has 4 rings (SSSR count). The zero-order valence-corrected chi connectivity index (χ0v) is 12.3. The first-order chi connectivity index (χ1) is 10.6. The van der Waals surface area contributed by atoms with Gasteiger partial charge in [-0.15, -0.1) is 0 Å². The van der Waals surface area contributed by atoms with Gasteiger partial charge < -0.3 is 14.6 Å². The predicted molar refractivity (Wildman–Crippen MR) is 82.2 cm³/mol. The van der Waals surface area contributed by atoms with Crippen molar-refractivity contribution in [1.82, 2.24) is 0 Å². The van der Waals surface area contributed by atoms with E-state index in [0.29, 0.717) is 0 Å². The standard InChI is InChI=1S/C17H16N2O3/c1-10-13-9-12(18-16(20)14-5-3-7-22-14)8-11-4-2-6-19(15(11)13)17(10)21/h3,5,7-10H,2,4,6H2,1H3,(H,18,20)/t10-/m0/s1. The number of benzene rings is 1. The highest BCUT2D eigenvalue weighted by Gasteiger charge is 2.37. The van der Waals surface area contributed by atoms with Crippen molar-refractivity contribution in [2.24, 2.45) is 0 Å². The van der Waals surface area contributed by atoms with Crippen LogP contribution >= 0.6 is 0 Å². The maximum absolute atomic E-state index is 12.3. The van der Waals surface area contributed by atoms with Crippen LogP contribution in [-0.4, -0.2) is 18.4 Å². The predicted octanol–water partition coefficient (Wildman–Crippen LogP) is 2.93. The van der Waals surface area contributed by atoms with Crippen LogP contribution in [0.3, 0.4) is 0 Å². The Kier molecular flexibility index (Phi) is 2.82. The van der Waals surface area contributed by atoms with E-state index in [0.717, 1.165) is 41.9 Å². The molecule has 22 heavy (non-hydrogen) atoms. The van der Waals surface area contributed by atoms with E-state index in [9.17, 15) is 9.59 Å². The molecule has 2 aromatic rings. The number of amides is 2. The quantitative estimate of drug-likeness (QED) is 0.926. The molecule has 5 heteroatoms. The molecule has 0 fully saturated rings. The van der Waals surface area contributed by atoms with Crippen LogP contribution in [0.25, 0.3) is 0 Å². The van der Waals surface area contributed by atoms with Gasteiger partial charge in [-0.25, -0.2) is 0 Å². The first kappa shape index (κ1) is 13.1. The molecule has 0 unspecified atom stereocenters. The summed E-state index contributed by atoms with van der Waals surface area (Å²) in [6.07, 6.45) is 3.36. The molecule has 2 amide bonds. The first-order valence-electron chi connectivity index (χ1n) is 7.48. The van der Waals surface area contributed by atoms with Gasteiger partial charge in [-0.05, 0) is 55.2 Å². The lowest BCUT2D eigenvalue weighted by molar-refractivity contribution is -0.119. The lowest BCUT2D eigenvalue weighted by atomic mass is 9.96. The lowest BCUT2D eigenvalue weighted by Gasteiger charge is -2.26. The SMILES string of the molecule is C[C@@H]1C(=O)N2CCCc3cc(NC(=O)c4ccco4)cc1c32. The van der Waals surface area contributed by atoms with Crippen molar-refractivity contribution in [2.45, 2.75) is 25.7 Å². The molecular weight excluding hydrogens is 280 g/mol. The smallest absolute Gasteiger partial charge is 0.291 e. The summed E-state index contributed by atoms with van der Waals surface area (Å²) in [5.41, 5.74) is 3.92. The topological polar surface area (TPSA) is 62.6 Å². The normalized spacial score (nSPS) is 19.2. The Morgan fingerprint density at radius 1 is 1.41 bits per heavy atom. The first-order valence-corrected chi connectivity index (χ1v) is 7.48. The third-order valence-corrected chi connectivity index (χ3v) is 4.42. The van der Waals surface area contributed by atoms with Gasteiger partial charge in [-0.3, -0.25) is 9.59 Å². The van der Waals surface area contributed by atoms with Crippen molar-refractivity contribution >= 4 is 23.2 Å². The number of rotatable bonds is 2. The van der Waals surface area contributed by atoms with E-state index in [1.165, 1.54) is 6.26 Å². The van der Waals surface area contributed by atoms with E-state index in [2.05, 4.69) is 5.32 Å². The van der Waals surface area contributed by atoms with Crippen LogP contribution in [0.5, 0.6) is 0 Å². The molecule has 0 aliphatic carbocycles. The summed E-state index contributed by atoms with van der Waals surface area (Å²) in [5.74, 6) is 0.0134. The second-order valence-corrected chi connectivity index (χ2v) is 5.82. The van der Waals surface area contributed by atoms with E-state index < -0.39 is 0 Å². The largest absolute Gasteiger partial charge is 0.459 e. The third-order valence-electron chi connectivity index (χ3n) is 4.42. The van der Waals surface area contributed by atoms with E-state index in [-0.39, 0.29) is 23.5 Å². The fourth-order valence-electron chi connectivity index (χ4n) is 3.37. The Hall–Kier alpha value is -2.56. The molecule has 0 saturated carbocycles. The number of nitrogens with one attached hydrogen (secondary N) is 1. The van der Waals surface area contributed by atoms with Gasteiger partial charge in [0.05, 0.1) is 17.9 Å². The van der Waals surface area contributed by atoms with Gasteiger partial charge >= 0.3 is 0 Å². The summed E-state index contributed by atoms with van der Waals surface area (Å²) in [4.78, 5) is 26.3. The molecule has 1 N–H and O–H groups in total. The maximum Gasteiger partial charge on any atom is 0.291 e. The van der Waals surface area contributed by atoms with Crippen molar-refractivity contribution in [1.29, 1.82) is 0 Å². The molecule has 5 nitrogen and oxygen atoms in total. The van der Waals surface area contributed by atoms with Crippen molar-refractivity contribution in [3.8, 4) is 0 Å². The number of carbonyl (C=O) groups excluding carboxylic acids is 2. The Morgan fingerprint density at radius 2 is 2.27 bits per heavy atom. The molecule has 0 bridgehead atoms. The number of furan rings is 1.